The number of hydrogen-bond acceptors (Lipinski definition) is 1. The van der Waals surface area contributed by atoms with E-state index in [4.69, 9.17) is 34.8 Å². The van der Waals surface area contributed by atoms with E-state index in [1.54, 1.807) is 6.07 Å². The van der Waals surface area contributed by atoms with Crippen molar-refractivity contribution in [1.82, 2.24) is 0 Å². The quantitative estimate of drug-likeness (QED) is 0.560. The number of anilines is 1. The maximum Gasteiger partial charge on any atom is 0.194 e. The van der Waals surface area contributed by atoms with Gasteiger partial charge >= 0.3 is 0 Å². The minimum absolute atomic E-state index is 0.0634. The molecule has 0 saturated heterocycles. The molecule has 2 aromatic rings. The van der Waals surface area contributed by atoms with Crippen LogP contribution < -0.4 is 5.32 Å². The molecule has 0 saturated carbocycles. The maximum absolute atomic E-state index is 13.1. The average molecular weight is 341 g/mol. The van der Waals surface area contributed by atoms with Gasteiger partial charge in [-0.25, -0.2) is 13.2 Å². The van der Waals surface area contributed by atoms with Crippen LogP contribution >= 0.6 is 34.8 Å². The van der Waals surface area contributed by atoms with Gasteiger partial charge in [0.05, 0.1) is 10.0 Å². The lowest BCUT2D eigenvalue weighted by Crippen LogP contribution is -2.03. The van der Waals surface area contributed by atoms with Crippen LogP contribution in [-0.2, 0) is 6.54 Å². The summed E-state index contributed by atoms with van der Waals surface area (Å²) in [4.78, 5) is 0. The fraction of sp³-hybridized carbons (Fsp3) is 0.0769. The minimum Gasteiger partial charge on any atom is -0.381 e. The molecule has 0 aliphatic heterocycles. The molecule has 0 bridgehead atoms. The second kappa shape index (κ2) is 6.12. The van der Waals surface area contributed by atoms with Crippen molar-refractivity contribution in [1.29, 1.82) is 0 Å². The molecule has 2 aromatic carbocycles. The first-order valence-electron chi connectivity index (χ1n) is 5.41. The highest BCUT2D eigenvalue weighted by molar-refractivity contribution is 6.44. The Kier molecular flexibility index (Phi) is 4.68. The predicted molar refractivity (Wildman–Crippen MR) is 75.1 cm³/mol. The van der Waals surface area contributed by atoms with E-state index in [0.29, 0.717) is 15.6 Å². The van der Waals surface area contributed by atoms with Crippen LogP contribution in [0.4, 0.5) is 18.9 Å². The lowest BCUT2D eigenvalue weighted by molar-refractivity contribution is 0.447. The second-order valence-electron chi connectivity index (χ2n) is 3.93. The first-order chi connectivity index (χ1) is 9.40. The van der Waals surface area contributed by atoms with Gasteiger partial charge in [0.15, 0.2) is 17.5 Å². The summed E-state index contributed by atoms with van der Waals surface area (Å²) in [7, 11) is 0. The van der Waals surface area contributed by atoms with Crippen LogP contribution in [0.5, 0.6) is 0 Å². The van der Waals surface area contributed by atoms with Gasteiger partial charge in [-0.3, -0.25) is 0 Å². The van der Waals surface area contributed by atoms with E-state index in [1.165, 1.54) is 6.07 Å². The highest BCUT2D eigenvalue weighted by atomic mass is 35.5. The summed E-state index contributed by atoms with van der Waals surface area (Å²) in [6.45, 7) is 0.0861. The Labute approximate surface area is 128 Å². The summed E-state index contributed by atoms with van der Waals surface area (Å²) >= 11 is 17.8. The van der Waals surface area contributed by atoms with Crippen LogP contribution in [0, 0.1) is 17.5 Å². The van der Waals surface area contributed by atoms with E-state index in [2.05, 4.69) is 5.32 Å². The van der Waals surface area contributed by atoms with E-state index < -0.39 is 17.5 Å². The predicted octanol–water partition coefficient (Wildman–Crippen LogP) is 5.68. The Bertz CT molecular complexity index is 639. The highest BCUT2D eigenvalue weighted by Crippen LogP contribution is 2.32. The molecule has 106 valence electrons. The van der Waals surface area contributed by atoms with Gasteiger partial charge in [0.1, 0.15) is 0 Å². The molecule has 0 radical (unpaired) electrons. The molecule has 1 nitrogen and oxygen atoms in total. The van der Waals surface area contributed by atoms with Gasteiger partial charge in [0, 0.05) is 35.0 Å². The number of nitrogens with one attached hydrogen (secondary N) is 1. The van der Waals surface area contributed by atoms with Gasteiger partial charge in [0.25, 0.3) is 0 Å². The van der Waals surface area contributed by atoms with Crippen LogP contribution in [0.3, 0.4) is 0 Å². The summed E-state index contributed by atoms with van der Waals surface area (Å²) < 4.78 is 38.9. The molecule has 0 aromatic heterocycles. The lowest BCUT2D eigenvalue weighted by Gasteiger charge is -2.11. The Balaban J connectivity index is 2.24. The van der Waals surface area contributed by atoms with E-state index in [0.717, 1.165) is 12.1 Å². The second-order valence-corrected chi connectivity index (χ2v) is 5.12. The smallest absolute Gasteiger partial charge is 0.194 e. The van der Waals surface area contributed by atoms with Crippen molar-refractivity contribution >= 4 is 40.5 Å². The van der Waals surface area contributed by atoms with Crippen molar-refractivity contribution in [3.05, 3.63) is 62.3 Å². The van der Waals surface area contributed by atoms with Gasteiger partial charge in [-0.1, -0.05) is 34.8 Å². The summed E-state index contributed by atoms with van der Waals surface area (Å²) in [6.07, 6.45) is 0. The molecule has 0 aliphatic rings. The maximum atomic E-state index is 13.1. The van der Waals surface area contributed by atoms with Gasteiger partial charge in [-0.05, 0) is 12.1 Å². The lowest BCUT2D eigenvalue weighted by atomic mass is 10.2. The zero-order chi connectivity index (χ0) is 14.9. The molecular formula is C13H7Cl3F3N. The summed E-state index contributed by atoms with van der Waals surface area (Å²) in [5, 5.41) is 3.62. The van der Waals surface area contributed by atoms with E-state index >= 15 is 0 Å². The molecule has 1 N–H and O–H groups in total. The molecule has 0 aliphatic carbocycles. The van der Waals surface area contributed by atoms with Crippen molar-refractivity contribution < 1.29 is 13.2 Å². The number of hydrogen-bond donors (Lipinski definition) is 1. The Morgan fingerprint density at radius 2 is 1.45 bits per heavy atom. The zero-order valence-electron chi connectivity index (χ0n) is 9.78. The fourth-order valence-corrected chi connectivity index (χ4v) is 2.26. The third kappa shape index (κ3) is 3.14. The van der Waals surface area contributed by atoms with Crippen molar-refractivity contribution in [2.24, 2.45) is 0 Å². The Morgan fingerprint density at radius 1 is 0.900 bits per heavy atom. The minimum atomic E-state index is -1.52. The van der Waals surface area contributed by atoms with E-state index in [9.17, 15) is 13.2 Å². The van der Waals surface area contributed by atoms with E-state index in [-0.39, 0.29) is 17.3 Å². The van der Waals surface area contributed by atoms with E-state index in [1.807, 2.05) is 0 Å². The molecule has 0 heterocycles. The van der Waals surface area contributed by atoms with Gasteiger partial charge in [0.2, 0.25) is 0 Å². The monoisotopic (exact) mass is 339 g/mol. The van der Waals surface area contributed by atoms with Crippen LogP contribution in [0.25, 0.3) is 0 Å². The van der Waals surface area contributed by atoms with Crippen molar-refractivity contribution in [3.63, 3.8) is 0 Å². The summed E-state index contributed by atoms with van der Waals surface area (Å²) in [5.41, 5.74) is 0.541. The van der Waals surface area contributed by atoms with Crippen LogP contribution in [-0.4, -0.2) is 0 Å². The largest absolute Gasteiger partial charge is 0.381 e. The van der Waals surface area contributed by atoms with Gasteiger partial charge < -0.3 is 5.32 Å². The molecule has 2 rings (SSSR count). The summed E-state index contributed by atoms with van der Waals surface area (Å²) in [5.74, 6) is -4.08. The molecule has 0 fully saturated rings. The topological polar surface area (TPSA) is 12.0 Å². The Morgan fingerprint density at radius 3 is 2.05 bits per heavy atom. The Hall–Kier alpha value is -1.10. The van der Waals surface area contributed by atoms with Crippen molar-refractivity contribution in [2.75, 3.05) is 5.32 Å². The first kappa shape index (κ1) is 15.3. The molecule has 0 amide bonds. The van der Waals surface area contributed by atoms with Crippen LogP contribution in [0.2, 0.25) is 15.1 Å². The fourth-order valence-electron chi connectivity index (χ4n) is 1.58. The number of halogens is 6. The summed E-state index contributed by atoms with van der Waals surface area (Å²) in [6, 6.07) is 4.76. The molecule has 0 unspecified atom stereocenters. The molecule has 0 spiro atoms. The molecular weight excluding hydrogens is 334 g/mol. The number of benzene rings is 2. The van der Waals surface area contributed by atoms with Crippen molar-refractivity contribution in [3.8, 4) is 0 Å². The third-order valence-electron chi connectivity index (χ3n) is 2.59. The van der Waals surface area contributed by atoms with Crippen molar-refractivity contribution in [2.45, 2.75) is 6.54 Å². The highest BCUT2D eigenvalue weighted by Gasteiger charge is 2.12. The molecule has 20 heavy (non-hydrogen) atoms. The first-order valence-corrected chi connectivity index (χ1v) is 6.54. The van der Waals surface area contributed by atoms with Crippen LogP contribution in [0.1, 0.15) is 5.56 Å². The third-order valence-corrected chi connectivity index (χ3v) is 3.79. The molecule has 7 heteroatoms. The van der Waals surface area contributed by atoms with Gasteiger partial charge in [-0.15, -0.1) is 0 Å². The van der Waals surface area contributed by atoms with Gasteiger partial charge in [-0.2, -0.15) is 0 Å². The molecule has 0 atom stereocenters. The average Bonchev–Trinajstić information content (AvgIpc) is 2.40. The SMILES string of the molecule is Fc1cc(NCc2c(Cl)ccc(Cl)c2Cl)cc(F)c1F. The normalized spacial score (nSPS) is 10.7. The van der Waals surface area contributed by atoms with Crippen LogP contribution in [0.15, 0.2) is 24.3 Å². The number of rotatable bonds is 3. The standard InChI is InChI=1S/C13H7Cl3F3N/c14-8-1-2-9(15)12(16)7(8)5-20-6-3-10(17)13(19)11(18)4-6/h1-4,20H,5H2. The zero-order valence-corrected chi connectivity index (χ0v) is 12.1.